The van der Waals surface area contributed by atoms with Gasteiger partial charge in [-0.3, -0.25) is 14.3 Å². The normalized spacial score (nSPS) is 34.4. The summed E-state index contributed by atoms with van der Waals surface area (Å²) in [7, 11) is 0. The molecule has 1 aliphatic rings. The second kappa shape index (κ2) is 4.93. The van der Waals surface area contributed by atoms with Gasteiger partial charge in [0.05, 0.1) is 18.6 Å². The number of alkyl halides is 1. The van der Waals surface area contributed by atoms with Gasteiger partial charge in [0.1, 0.15) is 6.10 Å². The van der Waals surface area contributed by atoms with Crippen molar-refractivity contribution in [1.82, 2.24) is 9.55 Å². The Bertz CT molecular complexity index is 597. The molecule has 0 amide bonds. The molecule has 0 saturated carbocycles. The zero-order valence-corrected chi connectivity index (χ0v) is 10.6. The highest BCUT2D eigenvalue weighted by atomic mass is 35.5. The number of H-pyrrole nitrogens is 1. The Kier molecular flexibility index (Phi) is 3.64. The van der Waals surface area contributed by atoms with Gasteiger partial charge in [-0.2, -0.15) is 0 Å². The lowest BCUT2D eigenvalue weighted by molar-refractivity contribution is -0.0726. The van der Waals surface area contributed by atoms with E-state index in [9.17, 15) is 14.7 Å². The van der Waals surface area contributed by atoms with Crippen LogP contribution in [0.3, 0.4) is 0 Å². The van der Waals surface area contributed by atoms with Crippen LogP contribution in [-0.4, -0.2) is 38.6 Å². The molecule has 0 bridgehead atoms. The Labute approximate surface area is 112 Å². The third-order valence-electron chi connectivity index (χ3n) is 3.06. The molecule has 1 aliphatic heterocycles. The number of ether oxygens (including phenoxy) is 1. The van der Waals surface area contributed by atoms with E-state index >= 15 is 0 Å². The number of hydrogen-bond acceptors (Lipinski definition) is 5. The maximum atomic E-state index is 11.8. The van der Waals surface area contributed by atoms with E-state index in [1.54, 1.807) is 0 Å². The minimum absolute atomic E-state index is 0.460. The number of aromatic amines is 1. The molecule has 0 aromatic carbocycles. The molecule has 1 aromatic rings. The molecule has 1 saturated heterocycles. The van der Waals surface area contributed by atoms with Crippen LogP contribution >= 0.6 is 11.6 Å². The summed E-state index contributed by atoms with van der Waals surface area (Å²) in [6, 6.07) is 1.10. The van der Waals surface area contributed by atoms with E-state index in [1.165, 1.54) is 6.08 Å². The van der Waals surface area contributed by atoms with E-state index in [4.69, 9.17) is 21.4 Å². The van der Waals surface area contributed by atoms with Crippen LogP contribution in [0.15, 0.2) is 34.5 Å². The molecule has 104 valence electrons. The number of aliphatic hydroxyl groups is 2. The summed E-state index contributed by atoms with van der Waals surface area (Å²) >= 11 is 6.26. The van der Waals surface area contributed by atoms with E-state index in [-0.39, 0.29) is 0 Å². The predicted octanol–water partition coefficient (Wildman–Crippen LogP) is -1.06. The molecule has 7 nitrogen and oxygen atoms in total. The summed E-state index contributed by atoms with van der Waals surface area (Å²) in [6.45, 7) is 3.08. The number of nitrogens with one attached hydrogen (secondary N) is 1. The number of nitrogens with zero attached hydrogens (tertiary/aromatic N) is 1. The van der Waals surface area contributed by atoms with Gasteiger partial charge in [-0.1, -0.05) is 17.7 Å². The van der Waals surface area contributed by atoms with Crippen molar-refractivity contribution in [2.75, 3.05) is 6.61 Å². The largest absolute Gasteiger partial charge is 0.394 e. The van der Waals surface area contributed by atoms with E-state index in [0.717, 1.165) is 16.8 Å². The quantitative estimate of drug-likeness (QED) is 0.486. The molecule has 1 aromatic heterocycles. The van der Waals surface area contributed by atoms with E-state index in [2.05, 4.69) is 6.58 Å². The van der Waals surface area contributed by atoms with Crippen LogP contribution in [0.2, 0.25) is 0 Å². The summed E-state index contributed by atoms with van der Waals surface area (Å²) in [5, 5.41) is 17.3. The number of aliphatic hydroxyl groups excluding tert-OH is 2. The predicted molar refractivity (Wildman–Crippen MR) is 66.8 cm³/mol. The lowest BCUT2D eigenvalue weighted by Crippen LogP contribution is -2.44. The number of aromatic nitrogens is 2. The SMILES string of the molecule is C=C[C@@H]1[C@H](O)[C@@H](CO)O[C@@]1(Cl)n1ccc(=O)[nH]c1=O. The Morgan fingerprint density at radius 2 is 2.32 bits per heavy atom. The zero-order valence-electron chi connectivity index (χ0n) is 9.82. The fourth-order valence-electron chi connectivity index (χ4n) is 2.11. The summed E-state index contributed by atoms with van der Waals surface area (Å²) in [5.41, 5.74) is -1.35. The summed E-state index contributed by atoms with van der Waals surface area (Å²) in [6.07, 6.45) is 0.445. The third-order valence-corrected chi connectivity index (χ3v) is 3.59. The molecule has 19 heavy (non-hydrogen) atoms. The Morgan fingerprint density at radius 1 is 1.63 bits per heavy atom. The van der Waals surface area contributed by atoms with Gasteiger partial charge in [0, 0.05) is 12.3 Å². The first-order chi connectivity index (χ1) is 8.93. The minimum Gasteiger partial charge on any atom is -0.394 e. The average Bonchev–Trinajstić information content (AvgIpc) is 2.60. The van der Waals surface area contributed by atoms with Gasteiger partial charge in [0.25, 0.3) is 5.56 Å². The first-order valence-corrected chi connectivity index (χ1v) is 5.92. The molecule has 1 fully saturated rings. The lowest BCUT2D eigenvalue weighted by Gasteiger charge is -2.28. The van der Waals surface area contributed by atoms with Crippen molar-refractivity contribution in [1.29, 1.82) is 0 Å². The van der Waals surface area contributed by atoms with Crippen molar-refractivity contribution in [3.63, 3.8) is 0 Å². The maximum absolute atomic E-state index is 11.8. The van der Waals surface area contributed by atoms with Crippen LogP contribution in [0.5, 0.6) is 0 Å². The van der Waals surface area contributed by atoms with Crippen LogP contribution in [-0.2, 0) is 9.92 Å². The van der Waals surface area contributed by atoms with Crippen LogP contribution in [0, 0.1) is 5.92 Å². The van der Waals surface area contributed by atoms with Crippen LogP contribution < -0.4 is 11.2 Å². The highest BCUT2D eigenvalue weighted by Gasteiger charge is 2.54. The highest BCUT2D eigenvalue weighted by Crippen LogP contribution is 2.43. The molecular formula is C11H13ClN2O5. The molecule has 0 unspecified atom stereocenters. The fraction of sp³-hybridized carbons (Fsp3) is 0.455. The van der Waals surface area contributed by atoms with Gasteiger partial charge in [-0.15, -0.1) is 6.58 Å². The van der Waals surface area contributed by atoms with Gasteiger partial charge in [0.2, 0.25) is 5.18 Å². The summed E-state index contributed by atoms with van der Waals surface area (Å²) in [4.78, 5) is 24.8. The Morgan fingerprint density at radius 3 is 2.84 bits per heavy atom. The van der Waals surface area contributed by atoms with Crippen LogP contribution in [0.1, 0.15) is 0 Å². The average molecular weight is 289 g/mol. The molecule has 0 aliphatic carbocycles. The van der Waals surface area contributed by atoms with Crippen LogP contribution in [0.4, 0.5) is 0 Å². The summed E-state index contributed by atoms with van der Waals surface area (Å²) in [5.74, 6) is -0.824. The van der Waals surface area contributed by atoms with Gasteiger partial charge in [-0.05, 0) is 0 Å². The number of halogens is 1. The highest BCUT2D eigenvalue weighted by molar-refractivity contribution is 6.21. The van der Waals surface area contributed by atoms with Gasteiger partial charge < -0.3 is 14.9 Å². The van der Waals surface area contributed by atoms with Crippen molar-refractivity contribution in [2.24, 2.45) is 5.92 Å². The van der Waals surface area contributed by atoms with Crippen molar-refractivity contribution in [3.05, 3.63) is 45.8 Å². The van der Waals surface area contributed by atoms with E-state index < -0.39 is 41.2 Å². The van der Waals surface area contributed by atoms with E-state index in [0.29, 0.717) is 0 Å². The Balaban J connectivity index is 2.55. The second-order valence-electron chi connectivity index (χ2n) is 4.18. The molecule has 2 rings (SSSR count). The molecular weight excluding hydrogens is 276 g/mol. The molecule has 3 N–H and O–H groups in total. The number of hydrogen-bond donors (Lipinski definition) is 3. The fourth-order valence-corrected chi connectivity index (χ4v) is 2.57. The molecule has 2 heterocycles. The van der Waals surface area contributed by atoms with Gasteiger partial charge in [0.15, 0.2) is 0 Å². The van der Waals surface area contributed by atoms with Crippen molar-refractivity contribution < 1.29 is 14.9 Å². The third kappa shape index (κ3) is 2.14. The second-order valence-corrected chi connectivity index (χ2v) is 4.72. The zero-order chi connectivity index (χ0) is 14.2. The van der Waals surface area contributed by atoms with Crippen molar-refractivity contribution in [3.8, 4) is 0 Å². The van der Waals surface area contributed by atoms with Gasteiger partial charge in [-0.25, -0.2) is 4.79 Å². The Hall–Kier alpha value is -1.41. The first kappa shape index (κ1) is 14.0. The number of rotatable bonds is 3. The van der Waals surface area contributed by atoms with E-state index in [1.807, 2.05) is 4.98 Å². The van der Waals surface area contributed by atoms with Crippen molar-refractivity contribution >= 4 is 11.6 Å². The maximum Gasteiger partial charge on any atom is 0.331 e. The first-order valence-electron chi connectivity index (χ1n) is 5.54. The molecule has 0 radical (unpaired) electrons. The minimum atomic E-state index is -1.74. The smallest absolute Gasteiger partial charge is 0.331 e. The van der Waals surface area contributed by atoms with Gasteiger partial charge >= 0.3 is 5.69 Å². The monoisotopic (exact) mass is 288 g/mol. The topological polar surface area (TPSA) is 105 Å². The molecule has 0 spiro atoms. The van der Waals surface area contributed by atoms with Crippen LogP contribution in [0.25, 0.3) is 0 Å². The lowest BCUT2D eigenvalue weighted by atomic mass is 9.99. The molecule has 8 heteroatoms. The van der Waals surface area contributed by atoms with Crippen molar-refractivity contribution in [2.45, 2.75) is 17.4 Å². The molecule has 4 atom stereocenters. The summed E-state index contributed by atoms with van der Waals surface area (Å²) < 4.78 is 6.30. The standard InChI is InChI=1S/C11H13ClN2O5/c1-2-6-9(17)7(5-15)19-11(6,12)14-4-3-8(16)13-10(14)18/h2-4,6-7,9,15,17H,1,5H2,(H,13,16,18)/t6-,7-,9+,11+/m1/s1.